The molecule has 0 amide bonds. The number of hydrogen-bond donors (Lipinski definition) is 0. The molecule has 1 fully saturated rings. The van der Waals surface area contributed by atoms with Crippen LogP contribution in [0.2, 0.25) is 0 Å². The van der Waals surface area contributed by atoms with E-state index in [9.17, 15) is 0 Å². The summed E-state index contributed by atoms with van der Waals surface area (Å²) in [4.78, 5) is 4.07. The van der Waals surface area contributed by atoms with Crippen LogP contribution in [0.3, 0.4) is 0 Å². The van der Waals surface area contributed by atoms with Crippen LogP contribution in [0.15, 0.2) is 18.3 Å². The molecule has 4 heteroatoms. The summed E-state index contributed by atoms with van der Waals surface area (Å²) in [6, 6.07) is 3.72. The van der Waals surface area contributed by atoms with Crippen molar-refractivity contribution in [3.8, 4) is 5.88 Å². The van der Waals surface area contributed by atoms with Gasteiger partial charge in [0.05, 0.1) is 13.2 Å². The molecule has 0 bridgehead atoms. The third-order valence-corrected chi connectivity index (χ3v) is 2.16. The van der Waals surface area contributed by atoms with Gasteiger partial charge in [0.15, 0.2) is 0 Å². The molecule has 0 aliphatic carbocycles. The van der Waals surface area contributed by atoms with Crippen LogP contribution in [-0.2, 0) is 10.6 Å². The zero-order valence-corrected chi connectivity index (χ0v) is 7.83. The van der Waals surface area contributed by atoms with Gasteiger partial charge in [-0.1, -0.05) is 0 Å². The van der Waals surface area contributed by atoms with Gasteiger partial charge in [-0.05, 0) is 11.6 Å². The van der Waals surface area contributed by atoms with Crippen LogP contribution < -0.4 is 4.74 Å². The summed E-state index contributed by atoms with van der Waals surface area (Å²) in [7, 11) is 0. The highest BCUT2D eigenvalue weighted by atomic mass is 35.5. The Morgan fingerprint density at radius 1 is 1.62 bits per heavy atom. The number of alkyl halides is 1. The van der Waals surface area contributed by atoms with E-state index < -0.39 is 0 Å². The van der Waals surface area contributed by atoms with Gasteiger partial charge in [0.25, 0.3) is 0 Å². The van der Waals surface area contributed by atoms with Gasteiger partial charge in [-0.2, -0.15) is 0 Å². The fraction of sp³-hybridized carbons (Fsp3) is 0.444. The van der Waals surface area contributed by atoms with E-state index >= 15 is 0 Å². The number of pyridine rings is 1. The van der Waals surface area contributed by atoms with Gasteiger partial charge in [-0.15, -0.1) is 11.6 Å². The molecule has 70 valence electrons. The highest BCUT2D eigenvalue weighted by Gasteiger charge is 2.20. The van der Waals surface area contributed by atoms with Crippen molar-refractivity contribution in [3.05, 3.63) is 23.9 Å². The van der Waals surface area contributed by atoms with Crippen molar-refractivity contribution in [3.63, 3.8) is 0 Å². The number of rotatable bonds is 3. The number of hydrogen-bond acceptors (Lipinski definition) is 3. The van der Waals surface area contributed by atoms with Crippen molar-refractivity contribution in [1.82, 2.24) is 4.98 Å². The first-order chi connectivity index (χ1) is 6.38. The van der Waals surface area contributed by atoms with Gasteiger partial charge in [0.1, 0.15) is 6.10 Å². The fourth-order valence-electron chi connectivity index (χ4n) is 1.05. The van der Waals surface area contributed by atoms with Crippen LogP contribution in [0.1, 0.15) is 5.56 Å². The molecule has 3 nitrogen and oxygen atoms in total. The molecule has 1 aromatic rings. The molecule has 1 aromatic heterocycles. The molecular weight excluding hydrogens is 190 g/mol. The fourth-order valence-corrected chi connectivity index (χ4v) is 1.22. The second-order valence-electron chi connectivity index (χ2n) is 2.91. The average Bonchev–Trinajstić information content (AvgIpc) is 2.12. The minimum absolute atomic E-state index is 0.165. The summed E-state index contributed by atoms with van der Waals surface area (Å²) in [5.41, 5.74) is 1.02. The van der Waals surface area contributed by atoms with Crippen LogP contribution >= 0.6 is 11.6 Å². The van der Waals surface area contributed by atoms with Crippen molar-refractivity contribution in [2.45, 2.75) is 12.0 Å². The highest BCUT2D eigenvalue weighted by Crippen LogP contribution is 2.15. The lowest BCUT2D eigenvalue weighted by molar-refractivity contribution is -0.0813. The Morgan fingerprint density at radius 3 is 3.08 bits per heavy atom. The average molecular weight is 200 g/mol. The largest absolute Gasteiger partial charge is 0.469 e. The molecule has 0 radical (unpaired) electrons. The monoisotopic (exact) mass is 199 g/mol. The van der Waals surface area contributed by atoms with Crippen LogP contribution in [0.4, 0.5) is 0 Å². The molecule has 1 saturated heterocycles. The molecule has 0 aromatic carbocycles. The maximum atomic E-state index is 5.68. The maximum absolute atomic E-state index is 5.68. The molecule has 0 spiro atoms. The Bertz CT molecular complexity index is 289. The smallest absolute Gasteiger partial charge is 0.213 e. The topological polar surface area (TPSA) is 31.4 Å². The van der Waals surface area contributed by atoms with E-state index in [0.29, 0.717) is 25.0 Å². The van der Waals surface area contributed by atoms with Crippen molar-refractivity contribution >= 4 is 11.6 Å². The van der Waals surface area contributed by atoms with Crippen molar-refractivity contribution in [1.29, 1.82) is 0 Å². The molecule has 1 aliphatic heterocycles. The van der Waals surface area contributed by atoms with Crippen molar-refractivity contribution in [2.24, 2.45) is 0 Å². The molecule has 0 unspecified atom stereocenters. The quantitative estimate of drug-likeness (QED) is 0.693. The standard InChI is InChI=1S/C9H10ClNO2/c10-4-7-1-2-11-9(3-7)13-8-5-12-6-8/h1-3,8H,4-6H2. The number of nitrogens with zero attached hydrogens (tertiary/aromatic N) is 1. The molecule has 1 aliphatic rings. The zero-order chi connectivity index (χ0) is 9.10. The minimum atomic E-state index is 0.165. The molecule has 0 N–H and O–H groups in total. The van der Waals surface area contributed by atoms with E-state index in [1.807, 2.05) is 12.1 Å². The lowest BCUT2D eigenvalue weighted by Crippen LogP contribution is -2.38. The third kappa shape index (κ3) is 2.11. The Hall–Kier alpha value is -0.800. The summed E-state index contributed by atoms with van der Waals surface area (Å²) in [6.07, 6.45) is 1.87. The summed E-state index contributed by atoms with van der Waals surface area (Å²) in [5, 5.41) is 0. The van der Waals surface area contributed by atoms with Gasteiger partial charge in [-0.3, -0.25) is 0 Å². The van der Waals surface area contributed by atoms with Gasteiger partial charge in [0, 0.05) is 18.1 Å². The maximum Gasteiger partial charge on any atom is 0.213 e. The summed E-state index contributed by atoms with van der Waals surface area (Å²) in [5.74, 6) is 1.12. The van der Waals surface area contributed by atoms with E-state index in [0.717, 1.165) is 5.56 Å². The SMILES string of the molecule is ClCc1ccnc(OC2COC2)c1. The predicted octanol–water partition coefficient (Wildman–Crippen LogP) is 1.60. The Balaban J connectivity index is 2.01. The number of halogens is 1. The van der Waals surface area contributed by atoms with E-state index in [4.69, 9.17) is 21.1 Å². The molecule has 13 heavy (non-hydrogen) atoms. The highest BCUT2D eigenvalue weighted by molar-refractivity contribution is 6.17. The first-order valence-corrected chi connectivity index (χ1v) is 4.67. The van der Waals surface area contributed by atoms with Gasteiger partial charge < -0.3 is 9.47 Å². The van der Waals surface area contributed by atoms with Crippen LogP contribution in [0, 0.1) is 0 Å². The summed E-state index contributed by atoms with van der Waals surface area (Å²) in [6.45, 7) is 1.32. The lowest BCUT2D eigenvalue weighted by atomic mass is 10.3. The van der Waals surface area contributed by atoms with E-state index in [-0.39, 0.29) is 6.10 Å². The van der Waals surface area contributed by atoms with Crippen LogP contribution in [0.5, 0.6) is 5.88 Å². The zero-order valence-electron chi connectivity index (χ0n) is 7.07. The minimum Gasteiger partial charge on any atom is -0.469 e. The molecular formula is C9H10ClNO2. The number of ether oxygens (including phenoxy) is 2. The van der Waals surface area contributed by atoms with E-state index in [2.05, 4.69) is 4.98 Å². The molecule has 0 saturated carbocycles. The molecule has 2 rings (SSSR count). The van der Waals surface area contributed by atoms with Crippen molar-refractivity contribution < 1.29 is 9.47 Å². The second kappa shape index (κ2) is 3.94. The van der Waals surface area contributed by atoms with Crippen LogP contribution in [-0.4, -0.2) is 24.3 Å². The predicted molar refractivity (Wildman–Crippen MR) is 49.0 cm³/mol. The van der Waals surface area contributed by atoms with Crippen molar-refractivity contribution in [2.75, 3.05) is 13.2 Å². The number of aromatic nitrogens is 1. The normalized spacial score (nSPS) is 16.7. The Kier molecular flexibility index (Phi) is 2.66. The van der Waals surface area contributed by atoms with Crippen LogP contribution in [0.25, 0.3) is 0 Å². The lowest BCUT2D eigenvalue weighted by Gasteiger charge is -2.26. The van der Waals surface area contributed by atoms with Gasteiger partial charge in [-0.25, -0.2) is 4.98 Å². The summed E-state index contributed by atoms with van der Waals surface area (Å²) >= 11 is 5.68. The Labute approximate surface area is 81.6 Å². The first kappa shape index (κ1) is 8.78. The summed E-state index contributed by atoms with van der Waals surface area (Å²) < 4.78 is 10.5. The third-order valence-electron chi connectivity index (χ3n) is 1.85. The first-order valence-electron chi connectivity index (χ1n) is 4.14. The van der Waals surface area contributed by atoms with E-state index in [1.54, 1.807) is 6.20 Å². The molecule has 0 atom stereocenters. The van der Waals surface area contributed by atoms with Gasteiger partial charge >= 0.3 is 0 Å². The second-order valence-corrected chi connectivity index (χ2v) is 3.18. The Morgan fingerprint density at radius 2 is 2.46 bits per heavy atom. The van der Waals surface area contributed by atoms with E-state index in [1.165, 1.54) is 0 Å². The van der Waals surface area contributed by atoms with Gasteiger partial charge in [0.2, 0.25) is 5.88 Å². The molecule has 2 heterocycles.